The molecule has 2 aliphatic carbocycles. The fourth-order valence-corrected chi connectivity index (χ4v) is 15.7. The molecule has 2 bridgehead atoms. The maximum absolute atomic E-state index is 7.08. The number of benzene rings is 1. The number of hydrogen-bond acceptors (Lipinski definition) is 1. The van der Waals surface area contributed by atoms with Crippen LogP contribution in [0.5, 0.6) is 0 Å². The molecule has 2 saturated carbocycles. The quantitative estimate of drug-likeness (QED) is 0.661. The molecule has 3 heteroatoms. The average Bonchev–Trinajstić information content (AvgIpc) is 2.91. The van der Waals surface area contributed by atoms with Crippen molar-refractivity contribution in [2.75, 3.05) is 0 Å². The number of hydrogen-bond donors (Lipinski definition) is 0. The van der Waals surface area contributed by atoms with Gasteiger partial charge in [-0.05, 0) is 0 Å². The molecule has 4 rings (SSSR count). The molecule has 0 amide bonds. The van der Waals surface area contributed by atoms with Crippen LogP contribution < -0.4 is 3.61 Å². The molecule has 1 heterocycles. The molecule has 3 aliphatic rings. The van der Waals surface area contributed by atoms with E-state index >= 15 is 0 Å². The molecule has 19 heavy (non-hydrogen) atoms. The Morgan fingerprint density at radius 1 is 1.26 bits per heavy atom. The third kappa shape index (κ3) is 1.53. The molecular formula is C16H21ClOTe. The van der Waals surface area contributed by atoms with E-state index in [1.807, 2.05) is 0 Å². The van der Waals surface area contributed by atoms with Crippen molar-refractivity contribution in [1.29, 1.82) is 0 Å². The summed E-state index contributed by atoms with van der Waals surface area (Å²) in [5, 5.41) is 0. The summed E-state index contributed by atoms with van der Waals surface area (Å²) in [6.07, 6.45) is 4.42. The van der Waals surface area contributed by atoms with Gasteiger partial charge in [-0.2, -0.15) is 0 Å². The first-order valence-corrected chi connectivity index (χ1v) is 13.9. The van der Waals surface area contributed by atoms with Gasteiger partial charge >= 0.3 is 124 Å². The molecule has 1 aromatic rings. The summed E-state index contributed by atoms with van der Waals surface area (Å²) in [6.45, 7) is 4.93. The summed E-state index contributed by atoms with van der Waals surface area (Å²) in [5.41, 5.74) is 0.811. The zero-order valence-electron chi connectivity index (χ0n) is 11.6. The Morgan fingerprint density at radius 3 is 2.63 bits per heavy atom. The molecule has 1 saturated heterocycles. The van der Waals surface area contributed by atoms with E-state index in [-0.39, 0.29) is 0 Å². The third-order valence-electron chi connectivity index (χ3n) is 6.16. The van der Waals surface area contributed by atoms with Crippen LogP contribution in [0, 0.1) is 16.7 Å². The van der Waals surface area contributed by atoms with Crippen LogP contribution in [-0.2, 0) is 3.10 Å². The topological polar surface area (TPSA) is 9.23 Å². The number of halogens is 1. The van der Waals surface area contributed by atoms with E-state index in [1.165, 1.54) is 22.9 Å². The van der Waals surface area contributed by atoms with Crippen LogP contribution in [-0.4, -0.2) is 23.6 Å². The predicted octanol–water partition coefficient (Wildman–Crippen LogP) is 3.80. The van der Waals surface area contributed by atoms with Crippen LogP contribution in [0.15, 0.2) is 30.3 Å². The van der Waals surface area contributed by atoms with Gasteiger partial charge in [-0.1, -0.05) is 0 Å². The van der Waals surface area contributed by atoms with Crippen LogP contribution >= 0.6 is 8.96 Å². The van der Waals surface area contributed by atoms with Crippen molar-refractivity contribution >= 4 is 30.0 Å². The van der Waals surface area contributed by atoms with Crippen LogP contribution in [0.25, 0.3) is 0 Å². The average molecular weight is 392 g/mol. The Bertz CT molecular complexity index is 517. The van der Waals surface area contributed by atoms with E-state index in [0.29, 0.717) is 16.9 Å². The van der Waals surface area contributed by atoms with Gasteiger partial charge in [0, 0.05) is 0 Å². The molecule has 1 aromatic carbocycles. The van der Waals surface area contributed by atoms with Gasteiger partial charge in [0.25, 0.3) is 0 Å². The van der Waals surface area contributed by atoms with Crippen molar-refractivity contribution in [3.63, 3.8) is 0 Å². The Balaban J connectivity index is 1.75. The molecule has 0 aromatic heterocycles. The van der Waals surface area contributed by atoms with E-state index in [1.54, 1.807) is 0 Å². The molecule has 4 atom stereocenters. The van der Waals surface area contributed by atoms with Crippen molar-refractivity contribution in [1.82, 2.24) is 0 Å². The molecule has 1 nitrogen and oxygen atoms in total. The molecule has 1 spiro atoms. The summed E-state index contributed by atoms with van der Waals surface area (Å²) >= 11 is -2.85. The molecule has 104 valence electrons. The standard InChI is InChI=1S/C16H21ClOTe/c1-15(2)12-8-9-16(15)11-19(17,18-14(16)10-12)13-6-4-3-5-7-13/h3-7,12,14H,8-11H2,1-2H3/t12?,14-,16?/m1/s1. The van der Waals surface area contributed by atoms with Crippen LogP contribution in [0.4, 0.5) is 0 Å². The summed E-state index contributed by atoms with van der Waals surface area (Å²) in [5.74, 6) is 0.859. The zero-order chi connectivity index (χ0) is 13.3. The molecule has 2 unspecified atom stereocenters. The summed E-state index contributed by atoms with van der Waals surface area (Å²) in [7, 11) is 7.08. The van der Waals surface area contributed by atoms with Crippen molar-refractivity contribution < 1.29 is 3.10 Å². The van der Waals surface area contributed by atoms with Crippen molar-refractivity contribution in [3.8, 4) is 0 Å². The van der Waals surface area contributed by atoms with Gasteiger partial charge in [-0.15, -0.1) is 0 Å². The molecule has 3 fully saturated rings. The van der Waals surface area contributed by atoms with Crippen LogP contribution in [0.1, 0.15) is 33.1 Å². The third-order valence-corrected chi connectivity index (χ3v) is 15.4. The van der Waals surface area contributed by atoms with Gasteiger partial charge in [-0.3, -0.25) is 0 Å². The van der Waals surface area contributed by atoms with E-state index < -0.39 is 17.5 Å². The van der Waals surface area contributed by atoms with E-state index in [4.69, 9.17) is 12.1 Å². The van der Waals surface area contributed by atoms with Gasteiger partial charge in [-0.25, -0.2) is 0 Å². The van der Waals surface area contributed by atoms with Crippen LogP contribution in [0.3, 0.4) is 0 Å². The normalized spacial score (nSPS) is 46.5. The minimum atomic E-state index is -2.85. The summed E-state index contributed by atoms with van der Waals surface area (Å²) in [4.78, 5) is 0. The van der Waals surface area contributed by atoms with E-state index in [9.17, 15) is 0 Å². The van der Waals surface area contributed by atoms with Crippen molar-refractivity contribution in [2.24, 2.45) is 16.7 Å². The predicted molar refractivity (Wildman–Crippen MR) is 80.9 cm³/mol. The Morgan fingerprint density at radius 2 is 2.00 bits per heavy atom. The maximum atomic E-state index is 7.08. The molecule has 0 radical (unpaired) electrons. The van der Waals surface area contributed by atoms with Gasteiger partial charge < -0.3 is 0 Å². The summed E-state index contributed by atoms with van der Waals surface area (Å²) in [6, 6.07) is 10.6. The SMILES string of the molecule is CC1(C)C2CCC13C[Te@@](Cl)(c1ccccc1)O[C@@H]3C2. The van der Waals surface area contributed by atoms with Gasteiger partial charge in [0.05, 0.1) is 0 Å². The molecule has 0 N–H and O–H groups in total. The second-order valence-corrected chi connectivity index (χ2v) is 16.4. The zero-order valence-corrected chi connectivity index (χ0v) is 14.7. The first-order valence-electron chi connectivity index (χ1n) is 7.22. The number of rotatable bonds is 1. The molecule has 1 aliphatic heterocycles. The van der Waals surface area contributed by atoms with Crippen molar-refractivity contribution in [3.05, 3.63) is 30.3 Å². The first kappa shape index (κ1) is 13.0. The van der Waals surface area contributed by atoms with E-state index in [2.05, 4.69) is 44.2 Å². The summed E-state index contributed by atoms with van der Waals surface area (Å²) < 4.78 is 9.05. The second kappa shape index (κ2) is 3.92. The fraction of sp³-hybridized carbons (Fsp3) is 0.625. The Hall–Kier alpha value is 0.260. The van der Waals surface area contributed by atoms with Gasteiger partial charge in [0.1, 0.15) is 0 Å². The van der Waals surface area contributed by atoms with Crippen molar-refractivity contribution in [2.45, 2.75) is 43.7 Å². The van der Waals surface area contributed by atoms with Gasteiger partial charge in [0.15, 0.2) is 0 Å². The number of fused-ring (bicyclic) bond motifs is 1. The second-order valence-electron chi connectivity index (χ2n) is 6.99. The fourth-order valence-electron chi connectivity index (χ4n) is 4.79. The first-order chi connectivity index (χ1) is 8.98. The van der Waals surface area contributed by atoms with E-state index in [0.717, 1.165) is 10.4 Å². The molecular weight excluding hydrogens is 371 g/mol. The minimum absolute atomic E-state index is 0.385. The monoisotopic (exact) mass is 394 g/mol. The Kier molecular flexibility index (Phi) is 2.67. The van der Waals surface area contributed by atoms with Gasteiger partial charge in [0.2, 0.25) is 0 Å². The van der Waals surface area contributed by atoms with Crippen LogP contribution in [0.2, 0.25) is 4.47 Å². The Labute approximate surface area is 123 Å².